The second-order valence-electron chi connectivity index (χ2n) is 6.71. The maximum atomic E-state index is 13.2. The Bertz CT molecular complexity index is 1010. The first-order chi connectivity index (χ1) is 14.8. The molecule has 0 saturated carbocycles. The molecule has 0 radical (unpaired) electrons. The molecule has 2 aromatic heterocycles. The SMILES string of the molecule is CCN(CC)C(CNC(=O)CSc1nc(C(F)(F)F)nc2ccccc12)c1ccco1. The van der Waals surface area contributed by atoms with Crippen LogP contribution in [0.5, 0.6) is 0 Å². The van der Waals surface area contributed by atoms with Crippen molar-refractivity contribution in [2.75, 3.05) is 25.4 Å². The summed E-state index contributed by atoms with van der Waals surface area (Å²) in [7, 11) is 0. The number of nitrogens with one attached hydrogen (secondary N) is 1. The van der Waals surface area contributed by atoms with E-state index in [4.69, 9.17) is 4.42 Å². The van der Waals surface area contributed by atoms with Crippen molar-refractivity contribution < 1.29 is 22.4 Å². The zero-order chi connectivity index (χ0) is 22.4. The third-order valence-corrected chi connectivity index (χ3v) is 5.77. The molecule has 0 fully saturated rings. The summed E-state index contributed by atoms with van der Waals surface area (Å²) in [5, 5.41) is 3.46. The fourth-order valence-electron chi connectivity index (χ4n) is 3.23. The van der Waals surface area contributed by atoms with Gasteiger partial charge in [0.2, 0.25) is 11.7 Å². The Kier molecular flexibility index (Phi) is 7.55. The number of furan rings is 1. The molecule has 0 spiro atoms. The van der Waals surface area contributed by atoms with Crippen molar-refractivity contribution in [3.05, 3.63) is 54.2 Å². The number of aromatic nitrogens is 2. The van der Waals surface area contributed by atoms with Gasteiger partial charge in [-0.1, -0.05) is 43.8 Å². The Labute approximate surface area is 182 Å². The molecule has 31 heavy (non-hydrogen) atoms. The normalized spacial score (nSPS) is 13.0. The molecule has 0 aliphatic heterocycles. The number of likely N-dealkylation sites (N-methyl/N-ethyl adjacent to an activating group) is 1. The number of hydrogen-bond donors (Lipinski definition) is 1. The van der Waals surface area contributed by atoms with Crippen LogP contribution >= 0.6 is 11.8 Å². The molecule has 1 N–H and O–H groups in total. The largest absolute Gasteiger partial charge is 0.468 e. The van der Waals surface area contributed by atoms with Gasteiger partial charge < -0.3 is 9.73 Å². The first-order valence-electron chi connectivity index (χ1n) is 9.84. The lowest BCUT2D eigenvalue weighted by atomic mass is 10.2. The molecular weight excluding hydrogens is 429 g/mol. The van der Waals surface area contributed by atoms with Crippen LogP contribution in [0.1, 0.15) is 31.5 Å². The van der Waals surface area contributed by atoms with E-state index in [1.165, 1.54) is 6.07 Å². The first-order valence-corrected chi connectivity index (χ1v) is 10.8. The van der Waals surface area contributed by atoms with Gasteiger partial charge in [-0.15, -0.1) is 0 Å². The van der Waals surface area contributed by atoms with E-state index in [1.54, 1.807) is 30.5 Å². The van der Waals surface area contributed by atoms with Crippen molar-refractivity contribution in [3.8, 4) is 0 Å². The maximum absolute atomic E-state index is 13.2. The Hall–Kier alpha value is -2.59. The number of carbonyl (C=O) groups is 1. The van der Waals surface area contributed by atoms with Crippen LogP contribution in [0.15, 0.2) is 52.1 Å². The summed E-state index contributed by atoms with van der Waals surface area (Å²) in [5.74, 6) is -0.840. The Morgan fingerprint density at radius 3 is 2.55 bits per heavy atom. The number of amides is 1. The highest BCUT2D eigenvalue weighted by molar-refractivity contribution is 8.00. The monoisotopic (exact) mass is 452 g/mol. The summed E-state index contributed by atoms with van der Waals surface area (Å²) in [6, 6.07) is 9.96. The third kappa shape index (κ3) is 5.76. The van der Waals surface area contributed by atoms with Crippen LogP contribution in [0.4, 0.5) is 13.2 Å². The molecule has 10 heteroatoms. The Morgan fingerprint density at radius 1 is 1.16 bits per heavy atom. The number of alkyl halides is 3. The van der Waals surface area contributed by atoms with Crippen LogP contribution in [-0.2, 0) is 11.0 Å². The van der Waals surface area contributed by atoms with E-state index >= 15 is 0 Å². The average Bonchev–Trinajstić information content (AvgIpc) is 3.28. The number of benzene rings is 1. The van der Waals surface area contributed by atoms with Gasteiger partial charge in [-0.3, -0.25) is 9.69 Å². The van der Waals surface area contributed by atoms with Crippen molar-refractivity contribution >= 4 is 28.6 Å². The number of fused-ring (bicyclic) bond motifs is 1. The molecular formula is C21H23F3N4O2S. The van der Waals surface area contributed by atoms with Gasteiger partial charge in [-0.2, -0.15) is 13.2 Å². The third-order valence-electron chi connectivity index (χ3n) is 4.78. The zero-order valence-corrected chi connectivity index (χ0v) is 18.0. The fourth-order valence-corrected chi connectivity index (χ4v) is 4.08. The molecule has 1 unspecified atom stereocenters. The van der Waals surface area contributed by atoms with Crippen molar-refractivity contribution in [1.82, 2.24) is 20.2 Å². The fraction of sp³-hybridized carbons (Fsp3) is 0.381. The summed E-state index contributed by atoms with van der Waals surface area (Å²) in [6.07, 6.45) is -3.08. The summed E-state index contributed by atoms with van der Waals surface area (Å²) in [5.41, 5.74) is 0.187. The van der Waals surface area contributed by atoms with Crippen molar-refractivity contribution in [2.24, 2.45) is 0 Å². The molecule has 1 atom stereocenters. The highest BCUT2D eigenvalue weighted by atomic mass is 32.2. The van der Waals surface area contributed by atoms with Gasteiger partial charge in [-0.25, -0.2) is 9.97 Å². The summed E-state index contributed by atoms with van der Waals surface area (Å²) >= 11 is 0.957. The smallest absolute Gasteiger partial charge is 0.451 e. The van der Waals surface area contributed by atoms with E-state index in [0.29, 0.717) is 11.9 Å². The molecule has 2 heterocycles. The molecule has 166 valence electrons. The second kappa shape index (κ2) is 10.1. The van der Waals surface area contributed by atoms with Gasteiger partial charge in [0.25, 0.3) is 0 Å². The van der Waals surface area contributed by atoms with Crippen molar-refractivity contribution in [1.29, 1.82) is 0 Å². The highest BCUT2D eigenvalue weighted by Gasteiger charge is 2.35. The van der Waals surface area contributed by atoms with E-state index < -0.39 is 12.0 Å². The van der Waals surface area contributed by atoms with Crippen LogP contribution in [0.25, 0.3) is 10.9 Å². The van der Waals surface area contributed by atoms with Crippen molar-refractivity contribution in [3.63, 3.8) is 0 Å². The van der Waals surface area contributed by atoms with E-state index in [2.05, 4.69) is 20.2 Å². The van der Waals surface area contributed by atoms with E-state index in [1.807, 2.05) is 19.9 Å². The lowest BCUT2D eigenvalue weighted by Crippen LogP contribution is -2.38. The summed E-state index contributed by atoms with van der Waals surface area (Å²) in [4.78, 5) is 21.9. The predicted molar refractivity (Wildman–Crippen MR) is 113 cm³/mol. The molecule has 3 aromatic rings. The number of hydrogen-bond acceptors (Lipinski definition) is 6. The minimum absolute atomic E-state index is 0.0680. The van der Waals surface area contributed by atoms with Gasteiger partial charge in [0.05, 0.1) is 23.6 Å². The Balaban J connectivity index is 1.70. The Morgan fingerprint density at radius 2 is 1.90 bits per heavy atom. The first kappa shape index (κ1) is 23.1. The van der Waals surface area contributed by atoms with E-state index in [0.717, 1.165) is 30.6 Å². The van der Waals surface area contributed by atoms with Crippen molar-refractivity contribution in [2.45, 2.75) is 31.1 Å². The van der Waals surface area contributed by atoms with Gasteiger partial charge in [0.15, 0.2) is 0 Å². The zero-order valence-electron chi connectivity index (χ0n) is 17.1. The molecule has 0 aliphatic rings. The molecule has 1 aromatic carbocycles. The summed E-state index contributed by atoms with van der Waals surface area (Å²) < 4.78 is 45.0. The number of thioether (sulfide) groups is 1. The summed E-state index contributed by atoms with van der Waals surface area (Å²) in [6.45, 7) is 5.93. The van der Waals surface area contributed by atoms with Gasteiger partial charge in [-0.05, 0) is 31.3 Å². The number of nitrogens with zero attached hydrogens (tertiary/aromatic N) is 3. The quantitative estimate of drug-likeness (QED) is 0.380. The van der Waals surface area contributed by atoms with E-state index in [-0.39, 0.29) is 28.2 Å². The second-order valence-corrected chi connectivity index (χ2v) is 7.68. The van der Waals surface area contributed by atoms with Gasteiger partial charge in [0, 0.05) is 11.9 Å². The van der Waals surface area contributed by atoms with Crippen LogP contribution < -0.4 is 5.32 Å². The molecule has 0 saturated heterocycles. The van der Waals surface area contributed by atoms with Crippen LogP contribution in [0.3, 0.4) is 0 Å². The van der Waals surface area contributed by atoms with Crippen LogP contribution in [-0.4, -0.2) is 46.2 Å². The minimum atomic E-state index is -4.67. The van der Waals surface area contributed by atoms with Gasteiger partial charge >= 0.3 is 6.18 Å². The van der Waals surface area contributed by atoms with Crippen LogP contribution in [0.2, 0.25) is 0 Å². The standard InChI is InChI=1S/C21H23F3N4O2S/c1-3-28(4-2)16(17-10-7-11-30-17)12-25-18(29)13-31-19-14-8-5-6-9-15(14)26-20(27-19)21(22,23)24/h5-11,16H,3-4,12-13H2,1-2H3,(H,25,29). The van der Waals surface area contributed by atoms with E-state index in [9.17, 15) is 18.0 Å². The van der Waals surface area contributed by atoms with Gasteiger partial charge in [0.1, 0.15) is 10.8 Å². The predicted octanol–water partition coefficient (Wildman–Crippen LogP) is 4.53. The number of carbonyl (C=O) groups excluding carboxylic acids is 1. The molecule has 0 bridgehead atoms. The lowest BCUT2D eigenvalue weighted by molar-refractivity contribution is -0.145. The average molecular weight is 453 g/mol. The van der Waals surface area contributed by atoms with Crippen LogP contribution in [0, 0.1) is 0 Å². The molecule has 1 amide bonds. The number of para-hydroxylation sites is 1. The molecule has 0 aliphatic carbocycles. The number of halogens is 3. The highest BCUT2D eigenvalue weighted by Crippen LogP contribution is 2.32. The number of rotatable bonds is 9. The maximum Gasteiger partial charge on any atom is 0.451 e. The topological polar surface area (TPSA) is 71.3 Å². The molecule has 3 rings (SSSR count). The molecule has 6 nitrogen and oxygen atoms in total. The lowest BCUT2D eigenvalue weighted by Gasteiger charge is -2.28. The minimum Gasteiger partial charge on any atom is -0.468 e.